The van der Waals surface area contributed by atoms with E-state index < -0.39 is 84.2 Å². The minimum atomic E-state index is -5.78. The zero-order valence-electron chi connectivity index (χ0n) is 27.8. The number of aromatic amines is 1. The van der Waals surface area contributed by atoms with E-state index in [1.54, 1.807) is 5.32 Å². The topological polar surface area (TPSA) is 331 Å². The molecule has 0 aromatic carbocycles. The Morgan fingerprint density at radius 2 is 1.43 bits per heavy atom. The highest BCUT2D eigenvalue weighted by Crippen LogP contribution is 2.66. The Balaban J connectivity index is 1.69. The lowest BCUT2D eigenvalue weighted by Crippen LogP contribution is -2.37. The van der Waals surface area contributed by atoms with Gasteiger partial charge in [-0.1, -0.05) is 19.3 Å². The number of hydrogen-bond donors (Lipinski definition) is 9. The predicted octanol–water partition coefficient (Wildman–Crippen LogP) is 0.103. The monoisotopic (exact) mass is 833 g/mol. The number of ether oxygens (including phenoxy) is 1. The summed E-state index contributed by atoms with van der Waals surface area (Å²) < 4.78 is 88.4. The van der Waals surface area contributed by atoms with Crippen molar-refractivity contribution in [3.8, 4) is 0 Å². The standard InChI is InChI=1S/C25H41F3N5O17P3/c26-25(27,28)23(38)31-11-7-3-4-8-19(35)29-9-5-1-2-6-10-30-20(36)12-16-14-33(24(39)32-22(16)37)21-13-17(34)18(48-21)15-47-52(43,44)50-53(45,46)49-51(40,41)42/h14,17-18,21,34H,1-13,15H2,(H,29,35)(H,30,36)(H,31,38)(H,43,44)(H,45,46)(H,32,37,39)(H2,40,41,42)/t17-,18+,21+/m0/s1. The second kappa shape index (κ2) is 20.8. The summed E-state index contributed by atoms with van der Waals surface area (Å²) in [6.45, 7) is -0.474. The molecule has 0 saturated carbocycles. The number of hydrogen-bond acceptors (Lipinski definition) is 13. The van der Waals surface area contributed by atoms with Gasteiger partial charge in [0.2, 0.25) is 11.8 Å². The first kappa shape index (κ1) is 46.4. The van der Waals surface area contributed by atoms with Crippen LogP contribution in [0, 0.1) is 0 Å². The molecule has 1 aromatic heterocycles. The van der Waals surface area contributed by atoms with Crippen LogP contribution in [0.3, 0.4) is 0 Å². The van der Waals surface area contributed by atoms with Gasteiger partial charge in [0.15, 0.2) is 0 Å². The van der Waals surface area contributed by atoms with Crippen LogP contribution in [0.25, 0.3) is 0 Å². The van der Waals surface area contributed by atoms with Gasteiger partial charge in [-0.2, -0.15) is 21.8 Å². The van der Waals surface area contributed by atoms with Crippen LogP contribution in [0.1, 0.15) is 69.6 Å². The van der Waals surface area contributed by atoms with Gasteiger partial charge in [0.1, 0.15) is 12.3 Å². The maximum Gasteiger partial charge on any atom is 0.490 e. The molecule has 0 bridgehead atoms. The molecule has 9 N–H and O–H groups in total. The Bertz CT molecular complexity index is 1670. The lowest BCUT2D eigenvalue weighted by atomic mass is 10.1. The van der Waals surface area contributed by atoms with Crippen molar-refractivity contribution >= 4 is 41.2 Å². The zero-order valence-corrected chi connectivity index (χ0v) is 30.4. The molecule has 3 amide bonds. The Hall–Kier alpha value is -2.79. The number of H-pyrrole nitrogens is 1. The number of aromatic nitrogens is 2. The SMILES string of the molecule is O=C(CCCCCNC(=O)C(F)(F)F)NCCCCCCNC(=O)Cc1cn([C@H]2C[C@H](O)[C@@H](COP(=O)(O)OP(=O)(O)OP(=O)(O)O)O2)c(=O)[nH]c1=O. The predicted molar refractivity (Wildman–Crippen MR) is 171 cm³/mol. The molecule has 2 heterocycles. The van der Waals surface area contributed by atoms with Crippen molar-refractivity contribution in [3.05, 3.63) is 32.6 Å². The molecule has 1 fully saturated rings. The van der Waals surface area contributed by atoms with Crippen molar-refractivity contribution in [3.63, 3.8) is 0 Å². The molecule has 1 aromatic rings. The first-order valence-corrected chi connectivity index (χ1v) is 20.3. The minimum absolute atomic E-state index is 0.138. The number of halogens is 3. The number of amides is 3. The highest BCUT2D eigenvalue weighted by Gasteiger charge is 2.43. The van der Waals surface area contributed by atoms with E-state index in [1.165, 1.54) is 0 Å². The van der Waals surface area contributed by atoms with E-state index in [0.29, 0.717) is 45.1 Å². The van der Waals surface area contributed by atoms with E-state index in [9.17, 15) is 65.7 Å². The van der Waals surface area contributed by atoms with Gasteiger partial charge in [-0.25, -0.2) is 18.5 Å². The van der Waals surface area contributed by atoms with Crippen molar-refractivity contribution in [2.24, 2.45) is 0 Å². The summed E-state index contributed by atoms with van der Waals surface area (Å²) in [5, 5.41) is 17.4. The first-order chi connectivity index (χ1) is 24.5. The summed E-state index contributed by atoms with van der Waals surface area (Å²) >= 11 is 0. The van der Waals surface area contributed by atoms with Crippen LogP contribution in [0.5, 0.6) is 0 Å². The molecule has 2 unspecified atom stereocenters. The molecule has 22 nitrogen and oxygen atoms in total. The summed E-state index contributed by atoms with van der Waals surface area (Å²) in [6.07, 6.45) is -4.86. The van der Waals surface area contributed by atoms with Crippen molar-refractivity contribution in [2.45, 2.75) is 88.8 Å². The summed E-state index contributed by atoms with van der Waals surface area (Å²) in [7, 11) is -16.9. The number of carbonyl (C=O) groups excluding carboxylic acids is 3. The van der Waals surface area contributed by atoms with Crippen LogP contribution >= 0.6 is 23.5 Å². The van der Waals surface area contributed by atoms with E-state index in [-0.39, 0.29) is 37.4 Å². The average Bonchev–Trinajstić information content (AvgIpc) is 3.37. The van der Waals surface area contributed by atoms with Crippen molar-refractivity contribution in [1.29, 1.82) is 0 Å². The van der Waals surface area contributed by atoms with Gasteiger partial charge in [-0.05, 0) is 25.7 Å². The van der Waals surface area contributed by atoms with Crippen LogP contribution in [0.4, 0.5) is 13.2 Å². The van der Waals surface area contributed by atoms with E-state index in [0.717, 1.165) is 17.2 Å². The Morgan fingerprint density at radius 3 is 2.02 bits per heavy atom. The summed E-state index contributed by atoms with van der Waals surface area (Å²) in [4.78, 5) is 97.9. The van der Waals surface area contributed by atoms with Gasteiger partial charge in [-0.3, -0.25) is 33.3 Å². The molecule has 0 aliphatic carbocycles. The van der Waals surface area contributed by atoms with E-state index in [4.69, 9.17) is 14.5 Å². The highest BCUT2D eigenvalue weighted by molar-refractivity contribution is 7.66. The fourth-order valence-electron chi connectivity index (χ4n) is 4.65. The van der Waals surface area contributed by atoms with Crippen molar-refractivity contribution in [1.82, 2.24) is 25.5 Å². The van der Waals surface area contributed by atoms with Gasteiger partial charge in [0.25, 0.3) is 5.56 Å². The lowest BCUT2D eigenvalue weighted by molar-refractivity contribution is -0.173. The van der Waals surface area contributed by atoms with Crippen molar-refractivity contribution in [2.75, 3.05) is 26.2 Å². The third kappa shape index (κ3) is 18.4. The number of rotatable bonds is 23. The molecule has 53 heavy (non-hydrogen) atoms. The highest BCUT2D eigenvalue weighted by atomic mass is 31.3. The third-order valence-electron chi connectivity index (χ3n) is 7.10. The average molecular weight is 834 g/mol. The molecule has 304 valence electrons. The van der Waals surface area contributed by atoms with Gasteiger partial charge in [0.05, 0.1) is 19.1 Å². The molecule has 28 heteroatoms. The Morgan fingerprint density at radius 1 is 0.868 bits per heavy atom. The first-order valence-electron chi connectivity index (χ1n) is 15.8. The van der Waals surface area contributed by atoms with E-state index in [1.807, 2.05) is 4.98 Å². The summed E-state index contributed by atoms with van der Waals surface area (Å²) in [5.41, 5.74) is -2.02. The number of aliphatic hydroxyl groups is 1. The normalized spacial score (nSPS) is 20.0. The number of alkyl halides is 3. The van der Waals surface area contributed by atoms with E-state index >= 15 is 0 Å². The van der Waals surface area contributed by atoms with Gasteiger partial charge < -0.3 is 45.4 Å². The van der Waals surface area contributed by atoms with Crippen LogP contribution in [-0.2, 0) is 52.4 Å². The second-order valence-corrected chi connectivity index (χ2v) is 15.9. The van der Waals surface area contributed by atoms with Gasteiger partial charge >= 0.3 is 41.2 Å². The fraction of sp³-hybridized carbons (Fsp3) is 0.720. The molecule has 1 saturated heterocycles. The number of phosphoric ester groups is 1. The molecule has 1 aliphatic rings. The van der Waals surface area contributed by atoms with Crippen molar-refractivity contribution < 1.29 is 83.8 Å². The molecule has 1 aliphatic heterocycles. The summed E-state index contributed by atoms with van der Waals surface area (Å²) in [6, 6.07) is 0. The number of aliphatic hydroxyl groups excluding tert-OH is 1. The lowest BCUT2D eigenvalue weighted by Gasteiger charge is -2.19. The zero-order chi connectivity index (χ0) is 40.0. The number of carbonyl (C=O) groups is 3. The molecular formula is C25H41F3N5O17P3. The third-order valence-corrected chi connectivity index (χ3v) is 10.9. The Labute approximate surface area is 298 Å². The number of nitrogens with one attached hydrogen (secondary N) is 4. The van der Waals surface area contributed by atoms with Crippen LogP contribution < -0.4 is 27.2 Å². The molecule has 2 rings (SSSR count). The quantitative estimate of drug-likeness (QED) is 0.0521. The molecule has 0 radical (unpaired) electrons. The van der Waals surface area contributed by atoms with Crippen LogP contribution in [-0.4, -0.2) is 96.6 Å². The maximum absolute atomic E-state index is 12.5. The second-order valence-electron chi connectivity index (χ2n) is 11.5. The van der Waals surface area contributed by atoms with E-state index in [2.05, 4.69) is 23.8 Å². The molecule has 5 atom stereocenters. The number of nitrogens with zero attached hydrogens (tertiary/aromatic N) is 1. The van der Waals surface area contributed by atoms with Crippen LogP contribution in [0.2, 0.25) is 0 Å². The largest absolute Gasteiger partial charge is 0.490 e. The smallest absolute Gasteiger partial charge is 0.390 e. The van der Waals surface area contributed by atoms with Gasteiger partial charge in [-0.15, -0.1) is 0 Å². The van der Waals surface area contributed by atoms with Gasteiger partial charge in [0, 0.05) is 44.2 Å². The maximum atomic E-state index is 12.5. The minimum Gasteiger partial charge on any atom is -0.390 e. The number of unbranched alkanes of at least 4 members (excludes halogenated alkanes) is 5. The fourth-order valence-corrected chi connectivity index (χ4v) is 7.68. The Kier molecular flexibility index (Phi) is 18.2. The van der Waals surface area contributed by atoms with Crippen LogP contribution in [0.15, 0.2) is 15.8 Å². The number of phosphoric acid groups is 3. The summed E-state index contributed by atoms with van der Waals surface area (Å²) in [5.74, 6) is -2.77. The molecular weight excluding hydrogens is 792 g/mol. The molecule has 0 spiro atoms.